The first-order chi connectivity index (χ1) is 20.4. The lowest BCUT2D eigenvalue weighted by molar-refractivity contribution is -0.136. The molecule has 3 unspecified atom stereocenters. The predicted molar refractivity (Wildman–Crippen MR) is 156 cm³/mol. The molecule has 1 saturated heterocycles. The van der Waals surface area contributed by atoms with Crippen molar-refractivity contribution in [2.75, 3.05) is 19.6 Å². The maximum atomic E-state index is 14.4. The number of Topliss-reactive ketones (excluding diaryl/α,β-unsaturated/α-hetero) is 1. The number of carboxylic acids is 1. The number of ketones is 1. The summed E-state index contributed by atoms with van der Waals surface area (Å²) in [4.78, 5) is 63.0. The van der Waals surface area contributed by atoms with Crippen molar-refractivity contribution in [1.82, 2.24) is 20.1 Å². The molecule has 226 valence electrons. The predicted octanol–water partition coefficient (Wildman–Crippen LogP) is 3.93. The van der Waals surface area contributed by atoms with Crippen molar-refractivity contribution >= 4 is 41.1 Å². The van der Waals surface area contributed by atoms with E-state index >= 15 is 0 Å². The number of rotatable bonds is 7. The lowest BCUT2D eigenvalue weighted by Crippen LogP contribution is -2.57. The van der Waals surface area contributed by atoms with Gasteiger partial charge in [-0.05, 0) is 45.4 Å². The smallest absolute Gasteiger partial charge is 0.326 e. The molecule has 13 heteroatoms. The highest BCUT2D eigenvalue weighted by Crippen LogP contribution is 2.42. The van der Waals surface area contributed by atoms with Gasteiger partial charge in [0.1, 0.15) is 48.2 Å². The summed E-state index contributed by atoms with van der Waals surface area (Å²) in [5, 5.41) is 12.5. The molecule has 1 aliphatic carbocycles. The molecular formula is C30H32ClN5O7. The van der Waals surface area contributed by atoms with Gasteiger partial charge in [0.05, 0.1) is 11.6 Å². The SMILES string of the molecule is CC(C)(C)Oc1cc(C(=O)CC(=O)O)ccc1C1=NC(c2cocn2)C(C2C=CC(Cl)=CC2)N1C(=O)N1CCNC(=O)C1. The maximum Gasteiger partial charge on any atom is 0.326 e. The van der Waals surface area contributed by atoms with Gasteiger partial charge in [0.15, 0.2) is 12.2 Å². The molecule has 2 aliphatic heterocycles. The highest BCUT2D eigenvalue weighted by molar-refractivity contribution is 6.31. The molecule has 1 aromatic heterocycles. The number of halogens is 1. The molecule has 3 atom stereocenters. The van der Waals surface area contributed by atoms with Crippen LogP contribution >= 0.6 is 11.6 Å². The van der Waals surface area contributed by atoms with E-state index in [2.05, 4.69) is 10.3 Å². The molecule has 1 aromatic carbocycles. The van der Waals surface area contributed by atoms with Gasteiger partial charge < -0.3 is 24.5 Å². The van der Waals surface area contributed by atoms with E-state index in [9.17, 15) is 24.3 Å². The Labute approximate surface area is 253 Å². The fourth-order valence-electron chi connectivity index (χ4n) is 5.36. The van der Waals surface area contributed by atoms with Gasteiger partial charge in [-0.1, -0.05) is 29.8 Å². The summed E-state index contributed by atoms with van der Waals surface area (Å²) in [7, 11) is 0. The van der Waals surface area contributed by atoms with Gasteiger partial charge in [-0.3, -0.25) is 24.3 Å². The quantitative estimate of drug-likeness (QED) is 0.353. The second-order valence-corrected chi connectivity index (χ2v) is 11.9. The van der Waals surface area contributed by atoms with E-state index in [4.69, 9.17) is 25.7 Å². The number of piperazine rings is 1. The van der Waals surface area contributed by atoms with Gasteiger partial charge in [0.25, 0.3) is 0 Å². The first-order valence-electron chi connectivity index (χ1n) is 13.8. The Balaban J connectivity index is 1.66. The molecule has 5 rings (SSSR count). The average molecular weight is 610 g/mol. The molecule has 43 heavy (non-hydrogen) atoms. The van der Waals surface area contributed by atoms with E-state index in [0.717, 1.165) is 0 Å². The lowest BCUT2D eigenvalue weighted by atomic mass is 9.86. The molecule has 0 radical (unpaired) electrons. The summed E-state index contributed by atoms with van der Waals surface area (Å²) in [5.74, 6) is -1.82. The topological polar surface area (TPSA) is 155 Å². The van der Waals surface area contributed by atoms with Crippen molar-refractivity contribution in [2.24, 2.45) is 10.9 Å². The summed E-state index contributed by atoms with van der Waals surface area (Å²) in [5.41, 5.74) is 0.353. The fourth-order valence-corrected chi connectivity index (χ4v) is 5.52. The number of oxazole rings is 1. The molecule has 2 N–H and O–H groups in total. The van der Waals surface area contributed by atoms with Crippen LogP contribution in [0.2, 0.25) is 0 Å². The van der Waals surface area contributed by atoms with E-state index in [1.807, 2.05) is 32.9 Å². The zero-order valence-corrected chi connectivity index (χ0v) is 24.7. The molecule has 3 aliphatic rings. The number of carbonyl (C=O) groups excluding carboxylic acids is 3. The van der Waals surface area contributed by atoms with E-state index in [1.165, 1.54) is 29.7 Å². The summed E-state index contributed by atoms with van der Waals surface area (Å²) >= 11 is 6.24. The molecule has 0 bridgehead atoms. The molecular weight excluding hydrogens is 578 g/mol. The van der Waals surface area contributed by atoms with Crippen LogP contribution in [-0.4, -0.2) is 80.7 Å². The summed E-state index contributed by atoms with van der Waals surface area (Å²) in [6, 6.07) is 2.93. The highest BCUT2D eigenvalue weighted by atomic mass is 35.5. The zero-order chi connectivity index (χ0) is 30.9. The average Bonchev–Trinajstić information content (AvgIpc) is 3.60. The molecule has 12 nitrogen and oxygen atoms in total. The van der Waals surface area contributed by atoms with Gasteiger partial charge in [-0.15, -0.1) is 0 Å². The molecule has 0 spiro atoms. The number of allylic oxidation sites excluding steroid dienone is 3. The zero-order valence-electron chi connectivity index (χ0n) is 23.9. The number of hydrogen-bond acceptors (Lipinski definition) is 8. The van der Waals surface area contributed by atoms with Crippen LogP contribution in [0, 0.1) is 5.92 Å². The molecule has 2 aromatic rings. The number of ether oxygens (including phenoxy) is 1. The second kappa shape index (κ2) is 12.0. The third-order valence-corrected chi connectivity index (χ3v) is 7.46. The summed E-state index contributed by atoms with van der Waals surface area (Å²) in [6.07, 6.45) is 8.20. The normalized spacial score (nSPS) is 22.1. The van der Waals surface area contributed by atoms with E-state index < -0.39 is 41.9 Å². The van der Waals surface area contributed by atoms with Crippen molar-refractivity contribution in [3.8, 4) is 5.75 Å². The molecule has 3 amide bonds. The van der Waals surface area contributed by atoms with Gasteiger partial charge in [0.2, 0.25) is 5.91 Å². The van der Waals surface area contributed by atoms with E-state index in [-0.39, 0.29) is 35.5 Å². The van der Waals surface area contributed by atoms with Crippen molar-refractivity contribution < 1.29 is 33.4 Å². The number of amidine groups is 1. The number of nitrogens with one attached hydrogen (secondary N) is 1. The van der Waals surface area contributed by atoms with Crippen LogP contribution in [0.15, 0.2) is 63.5 Å². The van der Waals surface area contributed by atoms with Crippen LogP contribution in [-0.2, 0) is 9.59 Å². The second-order valence-electron chi connectivity index (χ2n) is 11.5. The largest absolute Gasteiger partial charge is 0.487 e. The Morgan fingerprint density at radius 1 is 1.26 bits per heavy atom. The molecule has 1 fully saturated rings. The number of aliphatic imine (C=N–C) groups is 1. The first kappa shape index (κ1) is 30.0. The number of carboxylic acid groups (broad SMARTS) is 1. The summed E-state index contributed by atoms with van der Waals surface area (Å²) in [6.45, 7) is 5.98. The standard InChI is InChI=1S/C30H32ClN5O7/c1-30(2,3)43-23-12-18(22(37)13-25(39)40)6-9-20(23)28-34-26(21-15-42-16-33-21)27(17-4-7-19(31)8-5-17)36(28)29(41)35-11-10-32-24(38)14-35/h4,6-9,12,15-17,26-27H,5,10-11,13-14H2,1-3H3,(H,32,38)(H,39,40). The van der Waals surface area contributed by atoms with Crippen molar-refractivity contribution in [2.45, 2.75) is 51.3 Å². The van der Waals surface area contributed by atoms with Crippen molar-refractivity contribution in [1.29, 1.82) is 0 Å². The van der Waals surface area contributed by atoms with Crippen molar-refractivity contribution in [3.05, 3.63) is 70.9 Å². The highest BCUT2D eigenvalue weighted by Gasteiger charge is 2.48. The van der Waals surface area contributed by atoms with Crippen LogP contribution in [0.1, 0.15) is 61.3 Å². The number of amides is 3. The van der Waals surface area contributed by atoms with Crippen LogP contribution in [0.25, 0.3) is 0 Å². The van der Waals surface area contributed by atoms with Crippen molar-refractivity contribution in [3.63, 3.8) is 0 Å². The van der Waals surface area contributed by atoms with Crippen LogP contribution in [0.5, 0.6) is 5.75 Å². The van der Waals surface area contributed by atoms with Gasteiger partial charge in [-0.25, -0.2) is 9.78 Å². The number of carbonyl (C=O) groups is 4. The number of aliphatic carboxylic acids is 1. The third kappa shape index (κ3) is 6.64. The van der Waals surface area contributed by atoms with Crippen LogP contribution in [0.3, 0.4) is 0 Å². The van der Waals surface area contributed by atoms with E-state index in [1.54, 1.807) is 17.0 Å². The third-order valence-electron chi connectivity index (χ3n) is 7.18. The minimum Gasteiger partial charge on any atom is -0.487 e. The Morgan fingerprint density at radius 2 is 2.05 bits per heavy atom. The number of hydrogen-bond donors (Lipinski definition) is 2. The first-order valence-corrected chi connectivity index (χ1v) is 14.2. The Bertz CT molecular complexity index is 1530. The fraction of sp³-hybridized carbons (Fsp3) is 0.400. The number of urea groups is 1. The Kier molecular flexibility index (Phi) is 8.41. The Hall–Kier alpha value is -4.45. The van der Waals surface area contributed by atoms with Gasteiger partial charge in [-0.2, -0.15) is 0 Å². The van der Waals surface area contributed by atoms with Gasteiger partial charge in [0, 0.05) is 29.6 Å². The van der Waals surface area contributed by atoms with Crippen LogP contribution < -0.4 is 10.1 Å². The van der Waals surface area contributed by atoms with Crippen LogP contribution in [0.4, 0.5) is 4.79 Å². The van der Waals surface area contributed by atoms with Gasteiger partial charge >= 0.3 is 12.0 Å². The number of aromatic nitrogens is 1. The number of nitrogens with zero attached hydrogens (tertiary/aromatic N) is 4. The minimum absolute atomic E-state index is 0.121. The lowest BCUT2D eigenvalue weighted by Gasteiger charge is -2.38. The number of benzene rings is 1. The maximum absolute atomic E-state index is 14.4. The molecule has 0 saturated carbocycles. The Morgan fingerprint density at radius 3 is 2.67 bits per heavy atom. The minimum atomic E-state index is -1.25. The monoisotopic (exact) mass is 609 g/mol. The summed E-state index contributed by atoms with van der Waals surface area (Å²) < 4.78 is 11.6. The molecule has 3 heterocycles. The van der Waals surface area contributed by atoms with E-state index in [0.29, 0.717) is 35.8 Å².